The minimum Gasteiger partial charge on any atom is -0.493 e. The van der Waals surface area contributed by atoms with Crippen LogP contribution in [0.25, 0.3) is 21.5 Å². The molecule has 0 bridgehead atoms. The van der Waals surface area contributed by atoms with Gasteiger partial charge in [0.05, 0.1) is 6.61 Å². The molecular weight excluding hydrogens is 368 g/mol. The van der Waals surface area contributed by atoms with Crippen molar-refractivity contribution < 1.29 is 14.3 Å². The highest BCUT2D eigenvalue weighted by Crippen LogP contribution is 2.34. The van der Waals surface area contributed by atoms with Crippen molar-refractivity contribution in [2.45, 2.75) is 12.8 Å². The van der Waals surface area contributed by atoms with E-state index in [9.17, 15) is 9.59 Å². The average molecular weight is 383 g/mol. The largest absolute Gasteiger partial charge is 0.493 e. The van der Waals surface area contributed by atoms with Gasteiger partial charge in [-0.3, -0.25) is 9.59 Å². The minimum absolute atomic E-state index is 0.371. The van der Waals surface area contributed by atoms with Crippen molar-refractivity contribution in [3.05, 3.63) is 52.5 Å². The monoisotopic (exact) mass is 382 g/mol. The van der Waals surface area contributed by atoms with Crippen LogP contribution in [0.1, 0.15) is 23.2 Å². The summed E-state index contributed by atoms with van der Waals surface area (Å²) in [5.74, 6) is 1.03. The number of halogens is 1. The molecule has 0 aromatic heterocycles. The summed E-state index contributed by atoms with van der Waals surface area (Å²) in [7, 11) is 0. The molecule has 0 atom stereocenters. The Balaban J connectivity index is 1.92. The van der Waals surface area contributed by atoms with E-state index in [2.05, 4.69) is 15.9 Å². The molecule has 0 radical (unpaired) electrons. The molecule has 1 aliphatic rings. The van der Waals surface area contributed by atoms with E-state index < -0.39 is 5.78 Å². The lowest BCUT2D eigenvalue weighted by molar-refractivity contribution is -0.104. The van der Waals surface area contributed by atoms with Crippen LogP contribution in [0.15, 0.2) is 46.9 Å². The Morgan fingerprint density at radius 1 is 1.08 bits per heavy atom. The van der Waals surface area contributed by atoms with Crippen molar-refractivity contribution in [3.63, 3.8) is 0 Å². The Hall–Kier alpha value is -2.20. The van der Waals surface area contributed by atoms with Crippen molar-refractivity contribution >= 4 is 49.5 Å². The molecule has 3 aromatic carbocycles. The molecule has 4 rings (SSSR count). The van der Waals surface area contributed by atoms with Crippen LogP contribution in [-0.4, -0.2) is 18.7 Å². The number of Topliss-reactive ketones (excluding diaryl/α,β-unsaturated/α-hetero) is 1. The Kier molecular flexibility index (Phi) is 3.85. The van der Waals surface area contributed by atoms with Gasteiger partial charge in [-0.15, -0.1) is 0 Å². The second-order valence-corrected chi connectivity index (χ2v) is 7.15. The first kappa shape index (κ1) is 15.3. The number of carbonyl (C=O) groups excluding carboxylic acids is 2. The molecule has 1 fully saturated rings. The molecule has 0 aliphatic heterocycles. The molecule has 1 saturated carbocycles. The minimum atomic E-state index is -0.502. The lowest BCUT2D eigenvalue weighted by Crippen LogP contribution is -2.02. The summed E-state index contributed by atoms with van der Waals surface area (Å²) in [6.07, 6.45) is 2.87. The Morgan fingerprint density at radius 3 is 2.67 bits per heavy atom. The molecule has 0 unspecified atom stereocenters. The molecule has 0 heterocycles. The topological polar surface area (TPSA) is 43.4 Å². The number of rotatable bonds is 5. The Morgan fingerprint density at radius 2 is 1.92 bits per heavy atom. The normalized spacial score (nSPS) is 14.0. The smallest absolute Gasteiger partial charge is 0.226 e. The fraction of sp³-hybridized carbons (Fsp3) is 0.200. The lowest BCUT2D eigenvalue weighted by atomic mass is 9.95. The van der Waals surface area contributed by atoms with E-state index in [1.807, 2.05) is 36.4 Å². The van der Waals surface area contributed by atoms with Gasteiger partial charge < -0.3 is 4.74 Å². The van der Waals surface area contributed by atoms with E-state index in [1.165, 1.54) is 12.8 Å². The molecule has 0 spiro atoms. The number of carbonyl (C=O) groups is 2. The third-order valence-corrected chi connectivity index (χ3v) is 4.93. The second kappa shape index (κ2) is 6.02. The van der Waals surface area contributed by atoms with Crippen LogP contribution < -0.4 is 4.74 Å². The maximum absolute atomic E-state index is 12.0. The quantitative estimate of drug-likeness (QED) is 0.272. The zero-order valence-corrected chi connectivity index (χ0v) is 14.5. The molecule has 0 amide bonds. The summed E-state index contributed by atoms with van der Waals surface area (Å²) in [6.45, 7) is 0.759. The van der Waals surface area contributed by atoms with Crippen molar-refractivity contribution in [1.29, 1.82) is 0 Å². The van der Waals surface area contributed by atoms with Crippen molar-refractivity contribution in [1.82, 2.24) is 0 Å². The van der Waals surface area contributed by atoms with Crippen LogP contribution in [0.2, 0.25) is 0 Å². The van der Waals surface area contributed by atoms with E-state index in [0.717, 1.165) is 38.4 Å². The molecule has 1 aliphatic carbocycles. The van der Waals surface area contributed by atoms with E-state index in [-0.39, 0.29) is 0 Å². The predicted octanol–water partition coefficient (Wildman–Crippen LogP) is 4.93. The molecule has 0 N–H and O–H groups in total. The van der Waals surface area contributed by atoms with Gasteiger partial charge in [0.2, 0.25) is 5.78 Å². The van der Waals surface area contributed by atoms with Gasteiger partial charge in [0.25, 0.3) is 0 Å². The van der Waals surface area contributed by atoms with Gasteiger partial charge in [0.15, 0.2) is 6.29 Å². The van der Waals surface area contributed by atoms with Gasteiger partial charge in [-0.25, -0.2) is 0 Å². The fourth-order valence-corrected chi connectivity index (χ4v) is 3.32. The molecule has 120 valence electrons. The number of fused-ring (bicyclic) bond motifs is 3. The first-order valence-corrected chi connectivity index (χ1v) is 8.73. The molecular formula is C20H15BrO3. The van der Waals surface area contributed by atoms with Crippen LogP contribution in [0.3, 0.4) is 0 Å². The van der Waals surface area contributed by atoms with Gasteiger partial charge in [-0.1, -0.05) is 28.1 Å². The third-order valence-electron chi connectivity index (χ3n) is 4.44. The highest BCUT2D eigenvalue weighted by Gasteiger charge is 2.22. The summed E-state index contributed by atoms with van der Waals surface area (Å²) in [4.78, 5) is 23.0. The van der Waals surface area contributed by atoms with Crippen molar-refractivity contribution in [2.75, 3.05) is 6.61 Å². The fourth-order valence-electron chi connectivity index (χ4n) is 2.96. The summed E-state index contributed by atoms with van der Waals surface area (Å²) < 4.78 is 6.81. The molecule has 24 heavy (non-hydrogen) atoms. The SMILES string of the molecule is O=CC(=O)c1cc2ccc(OCC3CC3)cc2c2cc(Br)ccc12. The Labute approximate surface area is 147 Å². The van der Waals surface area contributed by atoms with Crippen molar-refractivity contribution in [3.8, 4) is 5.75 Å². The number of ketones is 1. The first-order valence-electron chi connectivity index (χ1n) is 7.94. The Bertz CT molecular complexity index is 973. The maximum Gasteiger partial charge on any atom is 0.226 e. The number of hydrogen-bond donors (Lipinski definition) is 0. The van der Waals surface area contributed by atoms with Gasteiger partial charge in [-0.05, 0) is 70.6 Å². The molecule has 0 saturated heterocycles. The number of aldehydes is 1. The van der Waals surface area contributed by atoms with Crippen LogP contribution in [-0.2, 0) is 4.79 Å². The number of hydrogen-bond acceptors (Lipinski definition) is 3. The number of ether oxygens (including phenoxy) is 1. The van der Waals surface area contributed by atoms with E-state index >= 15 is 0 Å². The lowest BCUT2D eigenvalue weighted by Gasteiger charge is -2.11. The summed E-state index contributed by atoms with van der Waals surface area (Å²) >= 11 is 3.49. The first-order chi connectivity index (χ1) is 11.7. The summed E-state index contributed by atoms with van der Waals surface area (Å²) in [5.41, 5.74) is 0.437. The van der Waals surface area contributed by atoms with Crippen LogP contribution >= 0.6 is 15.9 Å². The molecule has 3 nitrogen and oxygen atoms in total. The predicted molar refractivity (Wildman–Crippen MR) is 97.8 cm³/mol. The van der Waals surface area contributed by atoms with Gasteiger partial charge in [0, 0.05) is 10.0 Å². The zero-order chi connectivity index (χ0) is 16.7. The van der Waals surface area contributed by atoms with E-state index in [0.29, 0.717) is 17.8 Å². The zero-order valence-electron chi connectivity index (χ0n) is 12.9. The van der Waals surface area contributed by atoms with Crippen LogP contribution in [0, 0.1) is 5.92 Å². The van der Waals surface area contributed by atoms with Crippen LogP contribution in [0.5, 0.6) is 5.75 Å². The second-order valence-electron chi connectivity index (χ2n) is 6.23. The summed E-state index contributed by atoms with van der Waals surface area (Å²) in [5, 5.41) is 3.65. The van der Waals surface area contributed by atoms with Gasteiger partial charge >= 0.3 is 0 Å². The summed E-state index contributed by atoms with van der Waals surface area (Å²) in [6, 6.07) is 13.4. The maximum atomic E-state index is 12.0. The van der Waals surface area contributed by atoms with Crippen molar-refractivity contribution in [2.24, 2.45) is 5.92 Å². The molecule has 3 aromatic rings. The van der Waals surface area contributed by atoms with Gasteiger partial charge in [0.1, 0.15) is 5.75 Å². The number of benzene rings is 3. The average Bonchev–Trinajstić information content (AvgIpc) is 3.43. The standard InChI is InChI=1S/C20H15BrO3/c21-14-4-6-16-18(8-14)17-9-15(24-11-12-1-2-12)5-3-13(17)7-19(16)20(23)10-22/h3-10,12H,1-2,11H2. The molecule has 4 heteroatoms. The highest BCUT2D eigenvalue weighted by atomic mass is 79.9. The van der Waals surface area contributed by atoms with Gasteiger partial charge in [-0.2, -0.15) is 0 Å². The highest BCUT2D eigenvalue weighted by molar-refractivity contribution is 9.10. The van der Waals surface area contributed by atoms with E-state index in [1.54, 1.807) is 6.07 Å². The van der Waals surface area contributed by atoms with Crippen LogP contribution in [0.4, 0.5) is 0 Å². The third kappa shape index (κ3) is 2.82. The van der Waals surface area contributed by atoms with E-state index in [4.69, 9.17) is 4.74 Å².